The maximum absolute atomic E-state index is 11.8. The van der Waals surface area contributed by atoms with Crippen molar-refractivity contribution in [2.45, 2.75) is 20.3 Å². The molecule has 0 saturated heterocycles. The molecule has 0 heterocycles. The fraction of sp³-hybridized carbons (Fsp3) is 0.429. The number of nitrogen functional groups attached to an aromatic ring is 1. The Morgan fingerprint density at radius 2 is 1.95 bits per heavy atom. The van der Waals surface area contributed by atoms with Gasteiger partial charge >= 0.3 is 5.97 Å². The van der Waals surface area contributed by atoms with E-state index in [9.17, 15) is 9.59 Å². The highest BCUT2D eigenvalue weighted by Gasteiger charge is 2.12. The summed E-state index contributed by atoms with van der Waals surface area (Å²) in [4.78, 5) is 24.7. The standard InChI is InChI=1S/C14H21N3O3/c1-3-17(4-2)13(18)7-8-16-12-6-5-10(15)9-11(12)14(19)20/h5-6,9,16H,3-4,7-8,15H2,1-2H3,(H,19,20). The summed E-state index contributed by atoms with van der Waals surface area (Å²) >= 11 is 0. The largest absolute Gasteiger partial charge is 0.478 e. The number of nitrogens with two attached hydrogens (primary N) is 1. The van der Waals surface area contributed by atoms with E-state index in [4.69, 9.17) is 10.8 Å². The summed E-state index contributed by atoms with van der Waals surface area (Å²) in [6, 6.07) is 4.64. The molecule has 1 amide bonds. The second-order valence-electron chi connectivity index (χ2n) is 4.35. The zero-order chi connectivity index (χ0) is 15.1. The fourth-order valence-corrected chi connectivity index (χ4v) is 1.93. The van der Waals surface area contributed by atoms with Crippen LogP contribution in [0.25, 0.3) is 0 Å². The molecule has 1 aromatic carbocycles. The van der Waals surface area contributed by atoms with Crippen LogP contribution in [0.5, 0.6) is 0 Å². The van der Waals surface area contributed by atoms with Crippen LogP contribution < -0.4 is 11.1 Å². The van der Waals surface area contributed by atoms with Gasteiger partial charge in [-0.25, -0.2) is 4.79 Å². The van der Waals surface area contributed by atoms with Crippen molar-refractivity contribution in [3.63, 3.8) is 0 Å². The van der Waals surface area contributed by atoms with Gasteiger partial charge in [-0.1, -0.05) is 0 Å². The molecule has 4 N–H and O–H groups in total. The molecule has 0 spiro atoms. The number of aromatic carboxylic acids is 1. The molecule has 110 valence electrons. The van der Waals surface area contributed by atoms with Crippen LogP contribution in [-0.4, -0.2) is 41.5 Å². The van der Waals surface area contributed by atoms with Gasteiger partial charge in [-0.05, 0) is 32.0 Å². The van der Waals surface area contributed by atoms with E-state index in [1.54, 1.807) is 17.0 Å². The van der Waals surface area contributed by atoms with Crippen LogP contribution in [0.15, 0.2) is 18.2 Å². The minimum absolute atomic E-state index is 0.0508. The summed E-state index contributed by atoms with van der Waals surface area (Å²) in [7, 11) is 0. The van der Waals surface area contributed by atoms with Crippen molar-refractivity contribution in [1.82, 2.24) is 4.90 Å². The first-order valence-electron chi connectivity index (χ1n) is 6.64. The van der Waals surface area contributed by atoms with Crippen molar-refractivity contribution in [3.8, 4) is 0 Å². The lowest BCUT2D eigenvalue weighted by molar-refractivity contribution is -0.130. The fourth-order valence-electron chi connectivity index (χ4n) is 1.93. The summed E-state index contributed by atoms with van der Waals surface area (Å²) in [5.41, 5.74) is 6.54. The first-order valence-corrected chi connectivity index (χ1v) is 6.64. The molecule has 0 aliphatic rings. The Hall–Kier alpha value is -2.24. The first-order chi connectivity index (χ1) is 9.49. The zero-order valence-electron chi connectivity index (χ0n) is 11.8. The van der Waals surface area contributed by atoms with Crippen LogP contribution in [0.4, 0.5) is 11.4 Å². The number of nitrogens with zero attached hydrogens (tertiary/aromatic N) is 1. The number of hydrogen-bond donors (Lipinski definition) is 3. The van der Waals surface area contributed by atoms with Crippen molar-refractivity contribution in [2.75, 3.05) is 30.7 Å². The molecule has 0 aliphatic carbocycles. The Labute approximate surface area is 118 Å². The van der Waals surface area contributed by atoms with Crippen LogP contribution in [-0.2, 0) is 4.79 Å². The number of nitrogens with one attached hydrogen (secondary N) is 1. The summed E-state index contributed by atoms with van der Waals surface area (Å²) in [6.45, 7) is 5.60. The van der Waals surface area contributed by atoms with Gasteiger partial charge in [-0.15, -0.1) is 0 Å². The first kappa shape index (κ1) is 15.8. The molecular formula is C14H21N3O3. The zero-order valence-corrected chi connectivity index (χ0v) is 11.8. The molecule has 0 unspecified atom stereocenters. The van der Waals surface area contributed by atoms with Gasteiger partial charge in [0.1, 0.15) is 0 Å². The molecule has 0 radical (unpaired) electrons. The van der Waals surface area contributed by atoms with E-state index in [1.807, 2.05) is 13.8 Å². The molecule has 1 rings (SSSR count). The van der Waals surface area contributed by atoms with E-state index in [2.05, 4.69) is 5.32 Å². The number of hydrogen-bond acceptors (Lipinski definition) is 4. The van der Waals surface area contributed by atoms with Crippen LogP contribution in [0.3, 0.4) is 0 Å². The quantitative estimate of drug-likeness (QED) is 0.659. The van der Waals surface area contributed by atoms with Crippen LogP contribution in [0.1, 0.15) is 30.6 Å². The van der Waals surface area contributed by atoms with Crippen LogP contribution in [0, 0.1) is 0 Å². The van der Waals surface area contributed by atoms with Gasteiger partial charge in [-0.3, -0.25) is 4.79 Å². The van der Waals surface area contributed by atoms with Crippen LogP contribution in [0.2, 0.25) is 0 Å². The third kappa shape index (κ3) is 4.15. The summed E-state index contributed by atoms with van der Waals surface area (Å²) in [5.74, 6) is -0.996. The second-order valence-corrected chi connectivity index (χ2v) is 4.35. The van der Waals surface area contributed by atoms with E-state index < -0.39 is 5.97 Å². The number of carbonyl (C=O) groups is 2. The molecule has 0 bridgehead atoms. The molecule has 0 fully saturated rings. The lowest BCUT2D eigenvalue weighted by atomic mass is 10.1. The molecular weight excluding hydrogens is 258 g/mol. The molecule has 20 heavy (non-hydrogen) atoms. The molecule has 0 atom stereocenters. The molecule has 1 aromatic rings. The van der Waals surface area contributed by atoms with E-state index in [0.717, 1.165) is 0 Å². The SMILES string of the molecule is CCN(CC)C(=O)CCNc1ccc(N)cc1C(=O)O. The van der Waals surface area contributed by atoms with Gasteiger partial charge in [-0.2, -0.15) is 0 Å². The van der Waals surface area contributed by atoms with Gasteiger partial charge in [0.25, 0.3) is 0 Å². The highest BCUT2D eigenvalue weighted by molar-refractivity contribution is 5.95. The summed E-state index contributed by atoms with van der Waals surface area (Å²) in [6.07, 6.45) is 0.325. The normalized spacial score (nSPS) is 10.1. The number of anilines is 2. The average Bonchev–Trinajstić information content (AvgIpc) is 2.41. The van der Waals surface area contributed by atoms with Crippen molar-refractivity contribution in [2.24, 2.45) is 0 Å². The molecule has 0 aromatic heterocycles. The van der Waals surface area contributed by atoms with Gasteiger partial charge in [0.15, 0.2) is 0 Å². The lowest BCUT2D eigenvalue weighted by Crippen LogP contribution is -2.31. The summed E-state index contributed by atoms with van der Waals surface area (Å²) in [5, 5.41) is 12.1. The van der Waals surface area contributed by atoms with E-state index in [-0.39, 0.29) is 11.5 Å². The van der Waals surface area contributed by atoms with E-state index >= 15 is 0 Å². The number of rotatable bonds is 7. The molecule has 6 nitrogen and oxygen atoms in total. The van der Waals surface area contributed by atoms with Gasteiger partial charge in [0.2, 0.25) is 5.91 Å². The molecule has 0 aliphatic heterocycles. The number of carbonyl (C=O) groups excluding carboxylic acids is 1. The summed E-state index contributed by atoms with van der Waals surface area (Å²) < 4.78 is 0. The number of benzene rings is 1. The van der Waals surface area contributed by atoms with E-state index in [1.165, 1.54) is 6.07 Å². The highest BCUT2D eigenvalue weighted by atomic mass is 16.4. The van der Waals surface area contributed by atoms with Crippen molar-refractivity contribution < 1.29 is 14.7 Å². The predicted molar refractivity (Wildman–Crippen MR) is 78.8 cm³/mol. The monoisotopic (exact) mass is 279 g/mol. The van der Waals surface area contributed by atoms with Gasteiger partial charge < -0.3 is 21.1 Å². The molecule has 6 heteroatoms. The number of carboxylic acids is 1. The lowest BCUT2D eigenvalue weighted by Gasteiger charge is -2.19. The van der Waals surface area contributed by atoms with Crippen molar-refractivity contribution >= 4 is 23.3 Å². The Morgan fingerprint density at radius 3 is 2.50 bits per heavy atom. The van der Waals surface area contributed by atoms with Crippen LogP contribution >= 0.6 is 0 Å². The minimum atomic E-state index is -1.05. The maximum atomic E-state index is 11.8. The highest BCUT2D eigenvalue weighted by Crippen LogP contribution is 2.18. The topological polar surface area (TPSA) is 95.7 Å². The Balaban J connectivity index is 2.62. The third-order valence-corrected chi connectivity index (χ3v) is 3.04. The molecule has 0 saturated carbocycles. The van der Waals surface area contributed by atoms with Gasteiger partial charge in [0, 0.05) is 37.4 Å². The second kappa shape index (κ2) is 7.37. The number of carboxylic acid groups (broad SMARTS) is 1. The Morgan fingerprint density at radius 1 is 1.30 bits per heavy atom. The third-order valence-electron chi connectivity index (χ3n) is 3.04. The number of amides is 1. The maximum Gasteiger partial charge on any atom is 0.337 e. The Bertz CT molecular complexity index is 485. The predicted octanol–water partition coefficient (Wildman–Crippen LogP) is 1.64. The van der Waals surface area contributed by atoms with Crippen molar-refractivity contribution in [1.29, 1.82) is 0 Å². The minimum Gasteiger partial charge on any atom is -0.478 e. The average molecular weight is 279 g/mol. The van der Waals surface area contributed by atoms with Crippen molar-refractivity contribution in [3.05, 3.63) is 23.8 Å². The Kier molecular flexibility index (Phi) is 5.83. The van der Waals surface area contributed by atoms with E-state index in [0.29, 0.717) is 37.4 Å². The van der Waals surface area contributed by atoms with Gasteiger partial charge in [0.05, 0.1) is 5.56 Å². The smallest absolute Gasteiger partial charge is 0.337 e.